The summed E-state index contributed by atoms with van der Waals surface area (Å²) in [5.74, 6) is -1.26. The van der Waals surface area contributed by atoms with Crippen LogP contribution < -0.4 is 0 Å². The van der Waals surface area contributed by atoms with E-state index < -0.39 is 5.97 Å². The number of nitrogens with zero attached hydrogens (tertiary/aromatic N) is 3. The molecule has 1 aliphatic heterocycles. The molecule has 1 N–H and O–H groups in total. The number of hydrogen-bond donors (Lipinski definition) is 1. The molecule has 0 unspecified atom stereocenters. The van der Waals surface area contributed by atoms with Crippen molar-refractivity contribution in [1.82, 2.24) is 14.7 Å². The van der Waals surface area contributed by atoms with Gasteiger partial charge in [0.05, 0.1) is 12.2 Å². The van der Waals surface area contributed by atoms with Crippen molar-refractivity contribution in [2.24, 2.45) is 0 Å². The van der Waals surface area contributed by atoms with E-state index in [9.17, 15) is 14.7 Å². The topological polar surface area (TPSA) is 84.7 Å². The maximum atomic E-state index is 13.1. The maximum Gasteiger partial charge on any atom is 0.323 e. The minimum absolute atomic E-state index is 0.109. The molecule has 0 saturated carbocycles. The van der Waals surface area contributed by atoms with E-state index in [2.05, 4.69) is 5.10 Å². The Morgan fingerprint density at radius 1 is 1.26 bits per heavy atom. The largest absolute Gasteiger partial charge is 0.480 e. The van der Waals surface area contributed by atoms with Gasteiger partial charge in [-0.2, -0.15) is 5.10 Å². The zero-order valence-corrected chi connectivity index (χ0v) is 15.7. The van der Waals surface area contributed by atoms with Crippen LogP contribution in [0.2, 0.25) is 0 Å². The van der Waals surface area contributed by atoms with Gasteiger partial charge in [-0.1, -0.05) is 12.1 Å². The lowest BCUT2D eigenvalue weighted by atomic mass is 10.0. The Kier molecular flexibility index (Phi) is 5.91. The summed E-state index contributed by atoms with van der Waals surface area (Å²) in [7, 11) is 0. The van der Waals surface area contributed by atoms with Crippen LogP contribution in [0.5, 0.6) is 0 Å². The van der Waals surface area contributed by atoms with Crippen LogP contribution in [0.3, 0.4) is 0 Å². The number of carboxylic acids is 1. The van der Waals surface area contributed by atoms with Crippen LogP contribution in [-0.2, 0) is 16.1 Å². The third kappa shape index (κ3) is 4.74. The van der Waals surface area contributed by atoms with Crippen molar-refractivity contribution in [3.8, 4) is 0 Å². The normalized spacial score (nSPS) is 14.9. The molecule has 2 aromatic rings. The average molecular weight is 371 g/mol. The molecule has 1 amide bonds. The summed E-state index contributed by atoms with van der Waals surface area (Å²) in [4.78, 5) is 25.8. The Morgan fingerprint density at radius 2 is 2.00 bits per heavy atom. The van der Waals surface area contributed by atoms with Crippen LogP contribution in [0.15, 0.2) is 30.3 Å². The molecule has 1 aliphatic rings. The minimum Gasteiger partial charge on any atom is -0.480 e. The highest BCUT2D eigenvalue weighted by molar-refractivity contribution is 5.96. The number of carbonyl (C=O) groups excluding carboxylic acids is 1. The molecule has 3 rings (SSSR count). The van der Waals surface area contributed by atoms with Crippen molar-refractivity contribution in [1.29, 1.82) is 0 Å². The fraction of sp³-hybridized carbons (Fsp3) is 0.450. The van der Waals surface area contributed by atoms with E-state index in [0.717, 1.165) is 17.0 Å². The lowest BCUT2D eigenvalue weighted by Gasteiger charge is -2.33. The number of benzene rings is 1. The van der Waals surface area contributed by atoms with Gasteiger partial charge in [-0.05, 0) is 50.5 Å². The SMILES string of the molecule is Cc1cc(C)n(Cc2cccc(C(=O)N(CC(=O)O)C3CCOCC3)c2)n1. The standard InChI is InChI=1S/C20H25N3O4/c1-14-10-15(2)23(21-14)12-16-4-3-5-17(11-16)20(26)22(13-19(24)25)18-6-8-27-9-7-18/h3-5,10-11,18H,6-9,12-13H2,1-2H3,(H,24,25). The van der Waals surface area contributed by atoms with Gasteiger partial charge in [0.2, 0.25) is 0 Å². The first kappa shape index (κ1) is 19.1. The van der Waals surface area contributed by atoms with Crippen molar-refractivity contribution >= 4 is 11.9 Å². The van der Waals surface area contributed by atoms with Gasteiger partial charge in [-0.15, -0.1) is 0 Å². The Labute approximate surface area is 158 Å². The maximum absolute atomic E-state index is 13.1. The average Bonchev–Trinajstić information content (AvgIpc) is 2.97. The predicted molar refractivity (Wildman–Crippen MR) is 99.8 cm³/mol. The zero-order chi connectivity index (χ0) is 19.4. The van der Waals surface area contributed by atoms with E-state index in [1.807, 2.05) is 42.8 Å². The lowest BCUT2D eigenvalue weighted by molar-refractivity contribution is -0.138. The number of aryl methyl sites for hydroxylation is 2. The van der Waals surface area contributed by atoms with E-state index in [1.165, 1.54) is 4.90 Å². The minimum atomic E-state index is -1.01. The second-order valence-corrected chi connectivity index (χ2v) is 6.96. The van der Waals surface area contributed by atoms with Crippen LogP contribution in [0.25, 0.3) is 0 Å². The van der Waals surface area contributed by atoms with Crippen LogP contribution >= 0.6 is 0 Å². The molecule has 27 heavy (non-hydrogen) atoms. The molecule has 0 radical (unpaired) electrons. The Morgan fingerprint density at radius 3 is 2.63 bits per heavy atom. The molecule has 0 bridgehead atoms. The Bertz CT molecular complexity index is 824. The Balaban J connectivity index is 1.81. The van der Waals surface area contributed by atoms with E-state index >= 15 is 0 Å². The fourth-order valence-corrected chi connectivity index (χ4v) is 3.49. The van der Waals surface area contributed by atoms with E-state index in [-0.39, 0.29) is 18.5 Å². The number of aromatic nitrogens is 2. The van der Waals surface area contributed by atoms with E-state index in [4.69, 9.17) is 4.74 Å². The molecule has 1 aromatic heterocycles. The van der Waals surface area contributed by atoms with Crippen molar-refractivity contribution in [2.45, 2.75) is 39.3 Å². The predicted octanol–water partition coefficient (Wildman–Crippen LogP) is 2.25. The molecule has 0 atom stereocenters. The number of aliphatic carboxylic acids is 1. The highest BCUT2D eigenvalue weighted by atomic mass is 16.5. The van der Waals surface area contributed by atoms with E-state index in [1.54, 1.807) is 6.07 Å². The molecule has 2 heterocycles. The van der Waals surface area contributed by atoms with Gasteiger partial charge in [0.15, 0.2) is 0 Å². The third-order valence-corrected chi connectivity index (χ3v) is 4.81. The number of rotatable bonds is 6. The van der Waals surface area contributed by atoms with Crippen molar-refractivity contribution in [3.05, 3.63) is 52.8 Å². The summed E-state index contributed by atoms with van der Waals surface area (Å²) in [5.41, 5.74) is 3.46. The number of amides is 1. The molecule has 1 saturated heterocycles. The fourth-order valence-electron chi connectivity index (χ4n) is 3.49. The first-order valence-electron chi connectivity index (χ1n) is 9.14. The summed E-state index contributed by atoms with van der Waals surface area (Å²) >= 11 is 0. The second kappa shape index (κ2) is 8.35. The quantitative estimate of drug-likeness (QED) is 0.842. The first-order valence-corrected chi connectivity index (χ1v) is 9.14. The Hall–Kier alpha value is -2.67. The van der Waals surface area contributed by atoms with Gasteiger partial charge in [0.25, 0.3) is 5.91 Å². The van der Waals surface area contributed by atoms with Crippen LogP contribution in [-0.4, -0.2) is 57.5 Å². The summed E-state index contributed by atoms with van der Waals surface area (Å²) in [6.07, 6.45) is 1.31. The zero-order valence-electron chi connectivity index (χ0n) is 15.7. The van der Waals surface area contributed by atoms with Crippen LogP contribution in [0.1, 0.15) is 40.2 Å². The summed E-state index contributed by atoms with van der Waals surface area (Å²) in [6.45, 7) is 5.30. The summed E-state index contributed by atoms with van der Waals surface area (Å²) in [6, 6.07) is 9.24. The third-order valence-electron chi connectivity index (χ3n) is 4.81. The monoisotopic (exact) mass is 371 g/mol. The van der Waals surface area contributed by atoms with Gasteiger partial charge in [-0.3, -0.25) is 14.3 Å². The van der Waals surface area contributed by atoms with Crippen molar-refractivity contribution in [3.63, 3.8) is 0 Å². The molecule has 0 spiro atoms. The van der Waals surface area contributed by atoms with Crippen LogP contribution in [0.4, 0.5) is 0 Å². The number of carbonyl (C=O) groups is 2. The molecular weight excluding hydrogens is 346 g/mol. The molecule has 144 valence electrons. The van der Waals surface area contributed by atoms with Gasteiger partial charge in [0, 0.05) is 30.5 Å². The van der Waals surface area contributed by atoms with Crippen molar-refractivity contribution in [2.75, 3.05) is 19.8 Å². The molecule has 1 aromatic carbocycles. The molecule has 0 aliphatic carbocycles. The smallest absolute Gasteiger partial charge is 0.323 e. The van der Waals surface area contributed by atoms with E-state index in [0.29, 0.717) is 38.2 Å². The second-order valence-electron chi connectivity index (χ2n) is 6.96. The highest BCUT2D eigenvalue weighted by Gasteiger charge is 2.28. The van der Waals surface area contributed by atoms with Gasteiger partial charge < -0.3 is 14.7 Å². The highest BCUT2D eigenvalue weighted by Crippen LogP contribution is 2.19. The summed E-state index contributed by atoms with van der Waals surface area (Å²) < 4.78 is 7.24. The van der Waals surface area contributed by atoms with Gasteiger partial charge in [-0.25, -0.2) is 0 Å². The van der Waals surface area contributed by atoms with Gasteiger partial charge >= 0.3 is 5.97 Å². The van der Waals surface area contributed by atoms with Crippen molar-refractivity contribution < 1.29 is 19.4 Å². The van der Waals surface area contributed by atoms with Gasteiger partial charge in [0.1, 0.15) is 6.54 Å². The molecular formula is C20H25N3O4. The number of hydrogen-bond acceptors (Lipinski definition) is 4. The first-order chi connectivity index (χ1) is 12.9. The molecule has 7 heteroatoms. The number of ether oxygens (including phenoxy) is 1. The molecule has 7 nitrogen and oxygen atoms in total. The summed E-state index contributed by atoms with van der Waals surface area (Å²) in [5, 5.41) is 13.7. The molecule has 1 fully saturated rings. The lowest BCUT2D eigenvalue weighted by Crippen LogP contribution is -2.46. The number of carboxylic acid groups (broad SMARTS) is 1. The van der Waals surface area contributed by atoms with Crippen LogP contribution in [0, 0.1) is 13.8 Å².